The topological polar surface area (TPSA) is 72.7 Å². The third-order valence-corrected chi connectivity index (χ3v) is 3.90. The summed E-state index contributed by atoms with van der Waals surface area (Å²) in [6.07, 6.45) is 0. The summed E-state index contributed by atoms with van der Waals surface area (Å²) in [5, 5.41) is 15.0. The van der Waals surface area contributed by atoms with E-state index in [0.29, 0.717) is 5.16 Å². The average Bonchev–Trinajstić information content (AvgIpc) is 2.85. The molecule has 0 aliphatic rings. The molecule has 6 nitrogen and oxygen atoms in total. The van der Waals surface area contributed by atoms with Crippen molar-refractivity contribution in [1.29, 1.82) is 0 Å². The molecule has 7 heteroatoms. The third-order valence-electron chi connectivity index (χ3n) is 2.87. The normalized spacial score (nSPS) is 13.0. The molecule has 118 valence electrons. The molecular formula is C15H21N5OS. The molecule has 0 fully saturated rings. The highest BCUT2D eigenvalue weighted by Gasteiger charge is 2.22. The predicted octanol–water partition coefficient (Wildman–Crippen LogP) is 2.37. The SMILES string of the molecule is Cc1ccc(-n2nnnc2S[C@H](C)C(=O)NC(C)(C)C)cc1. The van der Waals surface area contributed by atoms with Crippen molar-refractivity contribution in [2.24, 2.45) is 0 Å². The molecule has 2 aromatic rings. The minimum absolute atomic E-state index is 0.0315. The second-order valence-corrected chi connectivity index (χ2v) is 7.52. The van der Waals surface area contributed by atoms with Gasteiger partial charge in [-0.3, -0.25) is 4.79 Å². The monoisotopic (exact) mass is 319 g/mol. The summed E-state index contributed by atoms with van der Waals surface area (Å²) < 4.78 is 1.64. The summed E-state index contributed by atoms with van der Waals surface area (Å²) in [5.74, 6) is -0.0315. The highest BCUT2D eigenvalue weighted by Crippen LogP contribution is 2.23. The Morgan fingerprint density at radius 1 is 1.27 bits per heavy atom. The van der Waals surface area contributed by atoms with Crippen molar-refractivity contribution in [2.75, 3.05) is 0 Å². The van der Waals surface area contributed by atoms with Gasteiger partial charge in [-0.05, 0) is 57.2 Å². The number of nitrogens with zero attached hydrogens (tertiary/aromatic N) is 4. The molecule has 0 radical (unpaired) electrons. The number of tetrazole rings is 1. The quantitative estimate of drug-likeness (QED) is 0.876. The van der Waals surface area contributed by atoms with Crippen LogP contribution in [0, 0.1) is 6.92 Å². The van der Waals surface area contributed by atoms with Gasteiger partial charge in [0.15, 0.2) is 0 Å². The number of amides is 1. The fourth-order valence-corrected chi connectivity index (χ4v) is 2.59. The Bertz CT molecular complexity index is 645. The Labute approximate surface area is 134 Å². The van der Waals surface area contributed by atoms with Gasteiger partial charge in [-0.2, -0.15) is 4.68 Å². The van der Waals surface area contributed by atoms with E-state index in [9.17, 15) is 4.79 Å². The zero-order valence-corrected chi connectivity index (χ0v) is 14.3. The lowest BCUT2D eigenvalue weighted by molar-refractivity contribution is -0.121. The second-order valence-electron chi connectivity index (χ2n) is 6.21. The van der Waals surface area contributed by atoms with Gasteiger partial charge in [-0.15, -0.1) is 5.10 Å². The summed E-state index contributed by atoms with van der Waals surface area (Å²) in [5.41, 5.74) is 1.79. The van der Waals surface area contributed by atoms with Crippen LogP contribution in [-0.2, 0) is 4.79 Å². The molecule has 1 aromatic carbocycles. The highest BCUT2D eigenvalue weighted by molar-refractivity contribution is 8.00. The Kier molecular flexibility index (Phi) is 4.85. The van der Waals surface area contributed by atoms with E-state index in [1.807, 2.05) is 58.9 Å². The van der Waals surface area contributed by atoms with Crippen LogP contribution in [0.15, 0.2) is 29.4 Å². The van der Waals surface area contributed by atoms with E-state index >= 15 is 0 Å². The van der Waals surface area contributed by atoms with Crippen molar-refractivity contribution in [3.63, 3.8) is 0 Å². The molecule has 1 heterocycles. The second kappa shape index (κ2) is 6.48. The molecule has 1 N–H and O–H groups in total. The van der Waals surface area contributed by atoms with Crippen LogP contribution in [0.1, 0.15) is 33.3 Å². The molecule has 22 heavy (non-hydrogen) atoms. The number of benzene rings is 1. The predicted molar refractivity (Wildman–Crippen MR) is 87.1 cm³/mol. The molecule has 0 saturated heterocycles. The summed E-state index contributed by atoms with van der Waals surface area (Å²) in [4.78, 5) is 12.2. The van der Waals surface area contributed by atoms with E-state index in [2.05, 4.69) is 20.8 Å². The van der Waals surface area contributed by atoms with Crippen molar-refractivity contribution in [1.82, 2.24) is 25.5 Å². The lowest BCUT2D eigenvalue weighted by Gasteiger charge is -2.22. The average molecular weight is 319 g/mol. The molecular weight excluding hydrogens is 298 g/mol. The number of rotatable bonds is 4. The van der Waals surface area contributed by atoms with E-state index in [1.54, 1.807) is 4.68 Å². The lowest BCUT2D eigenvalue weighted by atomic mass is 10.1. The van der Waals surface area contributed by atoms with Crippen molar-refractivity contribution in [3.05, 3.63) is 29.8 Å². The number of carbonyl (C=O) groups excluding carboxylic acids is 1. The highest BCUT2D eigenvalue weighted by atomic mass is 32.2. The fraction of sp³-hybridized carbons (Fsp3) is 0.467. The van der Waals surface area contributed by atoms with Crippen LogP contribution in [0.2, 0.25) is 0 Å². The van der Waals surface area contributed by atoms with Gasteiger partial charge in [0.2, 0.25) is 11.1 Å². The van der Waals surface area contributed by atoms with Gasteiger partial charge in [0.25, 0.3) is 0 Å². The maximum absolute atomic E-state index is 12.2. The summed E-state index contributed by atoms with van der Waals surface area (Å²) >= 11 is 1.34. The number of hydrogen-bond donors (Lipinski definition) is 1. The molecule has 2 rings (SSSR count). The van der Waals surface area contributed by atoms with Gasteiger partial charge >= 0.3 is 0 Å². The zero-order valence-electron chi connectivity index (χ0n) is 13.5. The van der Waals surface area contributed by atoms with E-state index in [1.165, 1.54) is 17.3 Å². The van der Waals surface area contributed by atoms with Crippen LogP contribution in [0.3, 0.4) is 0 Å². The first kappa shape index (κ1) is 16.5. The van der Waals surface area contributed by atoms with E-state index < -0.39 is 0 Å². The maximum atomic E-state index is 12.2. The molecule has 1 amide bonds. The van der Waals surface area contributed by atoms with Crippen molar-refractivity contribution in [2.45, 2.75) is 50.6 Å². The molecule has 0 saturated carbocycles. The fourth-order valence-electron chi connectivity index (χ4n) is 1.78. The minimum Gasteiger partial charge on any atom is -0.351 e. The van der Waals surface area contributed by atoms with Gasteiger partial charge in [-0.1, -0.05) is 29.5 Å². The Morgan fingerprint density at radius 3 is 2.50 bits per heavy atom. The first-order valence-corrected chi connectivity index (χ1v) is 7.98. The Morgan fingerprint density at radius 2 is 1.91 bits per heavy atom. The molecule has 0 spiro atoms. The first-order chi connectivity index (χ1) is 10.3. The number of thioether (sulfide) groups is 1. The summed E-state index contributed by atoms with van der Waals surface area (Å²) in [6.45, 7) is 9.74. The van der Waals surface area contributed by atoms with Crippen molar-refractivity contribution >= 4 is 17.7 Å². The van der Waals surface area contributed by atoms with Crippen LogP contribution in [0.5, 0.6) is 0 Å². The molecule has 1 atom stereocenters. The number of aromatic nitrogens is 4. The van der Waals surface area contributed by atoms with Crippen molar-refractivity contribution < 1.29 is 4.79 Å². The lowest BCUT2D eigenvalue weighted by Crippen LogP contribution is -2.44. The van der Waals surface area contributed by atoms with Crippen LogP contribution in [0.4, 0.5) is 0 Å². The van der Waals surface area contributed by atoms with Gasteiger partial charge in [0.05, 0.1) is 10.9 Å². The van der Waals surface area contributed by atoms with E-state index in [4.69, 9.17) is 0 Å². The van der Waals surface area contributed by atoms with Crippen LogP contribution in [-0.4, -0.2) is 36.9 Å². The third kappa shape index (κ3) is 4.30. The van der Waals surface area contributed by atoms with E-state index in [-0.39, 0.29) is 16.7 Å². The summed E-state index contributed by atoms with van der Waals surface area (Å²) in [7, 11) is 0. The molecule has 1 aromatic heterocycles. The smallest absolute Gasteiger partial charge is 0.233 e. The van der Waals surface area contributed by atoms with Crippen LogP contribution in [0.25, 0.3) is 5.69 Å². The molecule has 0 aliphatic heterocycles. The number of carbonyl (C=O) groups is 1. The zero-order chi connectivity index (χ0) is 16.3. The van der Waals surface area contributed by atoms with Crippen LogP contribution >= 0.6 is 11.8 Å². The van der Waals surface area contributed by atoms with Gasteiger partial charge in [0, 0.05) is 5.54 Å². The van der Waals surface area contributed by atoms with Gasteiger partial charge < -0.3 is 5.32 Å². The van der Waals surface area contributed by atoms with Crippen molar-refractivity contribution in [3.8, 4) is 5.69 Å². The molecule has 0 aliphatic carbocycles. The van der Waals surface area contributed by atoms with Crippen LogP contribution < -0.4 is 5.32 Å². The largest absolute Gasteiger partial charge is 0.351 e. The first-order valence-electron chi connectivity index (χ1n) is 7.10. The molecule has 0 bridgehead atoms. The van der Waals surface area contributed by atoms with Gasteiger partial charge in [-0.25, -0.2) is 0 Å². The molecule has 0 unspecified atom stereocenters. The Balaban J connectivity index is 2.13. The summed E-state index contributed by atoms with van der Waals surface area (Å²) in [6, 6.07) is 7.91. The minimum atomic E-state index is -0.283. The van der Waals surface area contributed by atoms with Gasteiger partial charge in [0.1, 0.15) is 0 Å². The maximum Gasteiger partial charge on any atom is 0.233 e. The van der Waals surface area contributed by atoms with E-state index in [0.717, 1.165) is 5.69 Å². The number of nitrogens with one attached hydrogen (secondary N) is 1. The number of hydrogen-bond acceptors (Lipinski definition) is 5. The Hall–Kier alpha value is -1.89. The standard InChI is InChI=1S/C15H21N5OS/c1-10-6-8-12(9-7-10)20-14(17-18-19-20)22-11(2)13(21)16-15(3,4)5/h6-9,11H,1-5H3,(H,16,21)/t11-/m1/s1. The number of aryl methyl sites for hydroxylation is 1.